The van der Waals surface area contributed by atoms with Gasteiger partial charge in [-0.25, -0.2) is 4.79 Å². The summed E-state index contributed by atoms with van der Waals surface area (Å²) in [6.45, 7) is 5.22. The van der Waals surface area contributed by atoms with E-state index in [1.165, 1.54) is 7.11 Å². The van der Waals surface area contributed by atoms with Gasteiger partial charge in [-0.05, 0) is 24.9 Å². The SMILES string of the molecule is CCCC(C)COCC(NC)(C(=O)OC)c1ccccc1. The van der Waals surface area contributed by atoms with Crippen LogP contribution in [0.4, 0.5) is 0 Å². The van der Waals surface area contributed by atoms with Crippen LogP contribution in [0.5, 0.6) is 0 Å². The van der Waals surface area contributed by atoms with Crippen LogP contribution in [0.15, 0.2) is 30.3 Å². The zero-order valence-electron chi connectivity index (χ0n) is 13.5. The molecule has 4 nitrogen and oxygen atoms in total. The molecule has 1 aromatic rings. The first-order valence-corrected chi connectivity index (χ1v) is 7.51. The van der Waals surface area contributed by atoms with Gasteiger partial charge in [-0.1, -0.05) is 50.6 Å². The number of carbonyl (C=O) groups excluding carboxylic acids is 1. The van der Waals surface area contributed by atoms with Crippen LogP contribution in [0.25, 0.3) is 0 Å². The summed E-state index contributed by atoms with van der Waals surface area (Å²) in [4.78, 5) is 12.3. The second-order valence-corrected chi connectivity index (χ2v) is 5.42. The molecular formula is C17H27NO3. The first-order chi connectivity index (χ1) is 10.1. The Kier molecular flexibility index (Phi) is 7.40. The molecule has 2 atom stereocenters. The van der Waals surface area contributed by atoms with Crippen LogP contribution >= 0.6 is 0 Å². The van der Waals surface area contributed by atoms with Crippen molar-refractivity contribution < 1.29 is 14.3 Å². The number of esters is 1. The van der Waals surface area contributed by atoms with Crippen molar-refractivity contribution in [3.63, 3.8) is 0 Å². The molecule has 0 aliphatic heterocycles. The first kappa shape index (κ1) is 17.7. The first-order valence-electron chi connectivity index (χ1n) is 7.51. The van der Waals surface area contributed by atoms with Gasteiger partial charge in [0.05, 0.1) is 13.7 Å². The average molecular weight is 293 g/mol. The number of nitrogens with one attached hydrogen (secondary N) is 1. The highest BCUT2D eigenvalue weighted by Gasteiger charge is 2.40. The molecule has 4 heteroatoms. The molecule has 0 aromatic heterocycles. The van der Waals surface area contributed by atoms with Gasteiger partial charge in [-0.2, -0.15) is 0 Å². The van der Waals surface area contributed by atoms with Gasteiger partial charge in [-0.15, -0.1) is 0 Å². The lowest BCUT2D eigenvalue weighted by Gasteiger charge is -2.31. The Morgan fingerprint density at radius 1 is 1.33 bits per heavy atom. The van der Waals surface area contributed by atoms with E-state index in [0.717, 1.165) is 18.4 Å². The van der Waals surface area contributed by atoms with Crippen LogP contribution in [0.1, 0.15) is 32.3 Å². The fraction of sp³-hybridized carbons (Fsp3) is 0.588. The fourth-order valence-electron chi connectivity index (χ4n) is 2.46. The van der Waals surface area contributed by atoms with Crippen molar-refractivity contribution in [1.29, 1.82) is 0 Å². The Morgan fingerprint density at radius 2 is 2.00 bits per heavy atom. The van der Waals surface area contributed by atoms with E-state index < -0.39 is 5.54 Å². The second-order valence-electron chi connectivity index (χ2n) is 5.42. The number of methoxy groups -OCH3 is 1. The van der Waals surface area contributed by atoms with Crippen molar-refractivity contribution >= 4 is 5.97 Å². The molecule has 1 aromatic carbocycles. The minimum atomic E-state index is -0.956. The Labute approximate surface area is 127 Å². The van der Waals surface area contributed by atoms with E-state index in [4.69, 9.17) is 9.47 Å². The zero-order chi connectivity index (χ0) is 15.7. The van der Waals surface area contributed by atoms with Crippen LogP contribution in [0.3, 0.4) is 0 Å². The Balaban J connectivity index is 2.85. The molecule has 0 heterocycles. The van der Waals surface area contributed by atoms with Crippen molar-refractivity contribution in [2.45, 2.75) is 32.2 Å². The minimum Gasteiger partial charge on any atom is -0.467 e. The van der Waals surface area contributed by atoms with Crippen LogP contribution < -0.4 is 5.32 Å². The largest absolute Gasteiger partial charge is 0.467 e. The topological polar surface area (TPSA) is 47.6 Å². The van der Waals surface area contributed by atoms with Gasteiger partial charge in [0.25, 0.3) is 0 Å². The number of carbonyl (C=O) groups is 1. The summed E-state index contributed by atoms with van der Waals surface area (Å²) in [5.41, 5.74) is -0.107. The lowest BCUT2D eigenvalue weighted by molar-refractivity contribution is -0.152. The predicted octanol–water partition coefficient (Wildman–Crippen LogP) is 2.73. The molecule has 0 spiro atoms. The lowest BCUT2D eigenvalue weighted by atomic mass is 9.90. The molecule has 0 aliphatic carbocycles. The number of benzene rings is 1. The van der Waals surface area contributed by atoms with Crippen molar-refractivity contribution in [2.75, 3.05) is 27.4 Å². The highest BCUT2D eigenvalue weighted by molar-refractivity contribution is 5.82. The molecule has 0 fully saturated rings. The normalized spacial score (nSPS) is 15.2. The van der Waals surface area contributed by atoms with Gasteiger partial charge in [0.2, 0.25) is 0 Å². The van der Waals surface area contributed by atoms with Gasteiger partial charge < -0.3 is 9.47 Å². The van der Waals surface area contributed by atoms with Gasteiger partial charge in [-0.3, -0.25) is 5.32 Å². The highest BCUT2D eigenvalue weighted by Crippen LogP contribution is 2.23. The van der Waals surface area contributed by atoms with Crippen molar-refractivity contribution in [1.82, 2.24) is 5.32 Å². The maximum atomic E-state index is 12.3. The molecule has 21 heavy (non-hydrogen) atoms. The number of rotatable bonds is 9. The zero-order valence-corrected chi connectivity index (χ0v) is 13.5. The summed E-state index contributed by atoms with van der Waals surface area (Å²) < 4.78 is 10.8. The fourth-order valence-corrected chi connectivity index (χ4v) is 2.46. The lowest BCUT2D eigenvalue weighted by Crippen LogP contribution is -2.52. The van der Waals surface area contributed by atoms with E-state index in [2.05, 4.69) is 19.2 Å². The highest BCUT2D eigenvalue weighted by atomic mass is 16.5. The smallest absolute Gasteiger partial charge is 0.333 e. The third-order valence-electron chi connectivity index (χ3n) is 3.73. The summed E-state index contributed by atoms with van der Waals surface area (Å²) in [6, 6.07) is 9.55. The van der Waals surface area contributed by atoms with Crippen molar-refractivity contribution in [3.8, 4) is 0 Å². The minimum absolute atomic E-state index is 0.258. The summed E-state index contributed by atoms with van der Waals surface area (Å²) >= 11 is 0. The summed E-state index contributed by atoms with van der Waals surface area (Å²) in [5.74, 6) is 0.150. The van der Waals surface area contributed by atoms with Crippen LogP contribution in [-0.4, -0.2) is 33.3 Å². The van der Waals surface area contributed by atoms with Crippen LogP contribution in [0, 0.1) is 5.92 Å². The van der Waals surface area contributed by atoms with E-state index in [-0.39, 0.29) is 12.6 Å². The molecule has 118 valence electrons. The molecule has 0 radical (unpaired) electrons. The molecule has 0 bridgehead atoms. The van der Waals surface area contributed by atoms with Crippen LogP contribution in [0.2, 0.25) is 0 Å². The third-order valence-corrected chi connectivity index (χ3v) is 3.73. The molecule has 0 saturated carbocycles. The number of hydrogen-bond acceptors (Lipinski definition) is 4. The number of ether oxygens (including phenoxy) is 2. The Hall–Kier alpha value is -1.39. The van der Waals surface area contributed by atoms with Gasteiger partial charge in [0, 0.05) is 6.61 Å². The van der Waals surface area contributed by atoms with E-state index in [1.54, 1.807) is 7.05 Å². The monoisotopic (exact) mass is 293 g/mol. The number of hydrogen-bond donors (Lipinski definition) is 1. The standard InChI is InChI=1S/C17H27NO3/c1-5-9-14(2)12-21-13-17(18-3,16(19)20-4)15-10-7-6-8-11-15/h6-8,10-11,14,18H,5,9,12-13H2,1-4H3. The van der Waals surface area contributed by atoms with Gasteiger partial charge in [0.15, 0.2) is 5.54 Å². The number of likely N-dealkylation sites (N-methyl/N-ethyl adjacent to an activating group) is 1. The third kappa shape index (κ3) is 4.55. The molecule has 0 amide bonds. The van der Waals surface area contributed by atoms with E-state index in [9.17, 15) is 4.79 Å². The molecule has 0 saturated heterocycles. The summed E-state index contributed by atoms with van der Waals surface area (Å²) in [7, 11) is 3.15. The second kappa shape index (κ2) is 8.80. The summed E-state index contributed by atoms with van der Waals surface area (Å²) in [5, 5.41) is 3.09. The Morgan fingerprint density at radius 3 is 2.52 bits per heavy atom. The summed E-state index contributed by atoms with van der Waals surface area (Å²) in [6.07, 6.45) is 2.26. The van der Waals surface area contributed by atoms with E-state index in [1.807, 2.05) is 30.3 Å². The van der Waals surface area contributed by atoms with E-state index in [0.29, 0.717) is 12.5 Å². The average Bonchev–Trinajstić information content (AvgIpc) is 2.52. The maximum absolute atomic E-state index is 12.3. The molecule has 2 unspecified atom stereocenters. The Bertz CT molecular complexity index is 421. The molecule has 1 N–H and O–H groups in total. The van der Waals surface area contributed by atoms with Crippen LogP contribution in [-0.2, 0) is 19.8 Å². The van der Waals surface area contributed by atoms with Crippen molar-refractivity contribution in [3.05, 3.63) is 35.9 Å². The van der Waals surface area contributed by atoms with Gasteiger partial charge in [0.1, 0.15) is 0 Å². The molecule has 1 rings (SSSR count). The predicted molar refractivity (Wildman–Crippen MR) is 84.1 cm³/mol. The van der Waals surface area contributed by atoms with Crippen molar-refractivity contribution in [2.24, 2.45) is 5.92 Å². The molecular weight excluding hydrogens is 266 g/mol. The van der Waals surface area contributed by atoms with E-state index >= 15 is 0 Å². The quantitative estimate of drug-likeness (QED) is 0.711. The van der Waals surface area contributed by atoms with Gasteiger partial charge >= 0.3 is 5.97 Å². The maximum Gasteiger partial charge on any atom is 0.333 e. The molecule has 0 aliphatic rings.